The molecule has 0 aromatic heterocycles. The van der Waals surface area contributed by atoms with Gasteiger partial charge in [0.25, 0.3) is 0 Å². The smallest absolute Gasteiger partial charge is 0.303 e. The average molecular weight is 581 g/mol. The van der Waals surface area contributed by atoms with E-state index in [-0.39, 0.29) is 29.5 Å². The molecule has 4 unspecified atom stereocenters. The molecule has 10 heteroatoms. The van der Waals surface area contributed by atoms with Gasteiger partial charge in [0, 0.05) is 22.6 Å². The Kier molecular flexibility index (Phi) is 12.6. The molecule has 0 bridgehead atoms. The lowest BCUT2D eigenvalue weighted by Gasteiger charge is -2.43. The molecule has 4 N–H and O–H groups in total. The summed E-state index contributed by atoms with van der Waals surface area (Å²) in [6.45, 7) is 7.54. The summed E-state index contributed by atoms with van der Waals surface area (Å²) in [5, 5.41) is 38.2. The zero-order valence-electron chi connectivity index (χ0n) is 22.7. The quantitative estimate of drug-likeness (QED) is 0.360. The number of esters is 1. The van der Waals surface area contributed by atoms with E-state index in [0.29, 0.717) is 5.92 Å². The van der Waals surface area contributed by atoms with E-state index in [0.717, 1.165) is 16.2 Å². The van der Waals surface area contributed by atoms with Gasteiger partial charge in [0.2, 0.25) is 0 Å². The van der Waals surface area contributed by atoms with E-state index in [9.17, 15) is 20.1 Å². The summed E-state index contributed by atoms with van der Waals surface area (Å²) >= 11 is 2.88. The Morgan fingerprint density at radius 1 is 0.795 bits per heavy atom. The lowest BCUT2D eigenvalue weighted by atomic mass is 9.83. The van der Waals surface area contributed by atoms with Gasteiger partial charge in [-0.25, -0.2) is 0 Å². The molecule has 10 atom stereocenters. The molecule has 0 aliphatic carbocycles. The minimum Gasteiger partial charge on any atom is -0.459 e. The Labute approximate surface area is 239 Å². The predicted molar refractivity (Wildman–Crippen MR) is 151 cm³/mol. The first kappa shape index (κ1) is 31.9. The Bertz CT molecular complexity index is 995. The summed E-state index contributed by atoms with van der Waals surface area (Å²) in [5.41, 5.74) is -0.865. The van der Waals surface area contributed by atoms with Crippen LogP contribution < -0.4 is 0 Å². The molecule has 2 heterocycles. The maximum absolute atomic E-state index is 11.4. The Hall–Kier alpha value is -1.63. The number of thioether (sulfide) groups is 2. The number of hydrogen-bond donors (Lipinski definition) is 4. The maximum Gasteiger partial charge on any atom is 0.303 e. The van der Waals surface area contributed by atoms with Gasteiger partial charge in [-0.1, -0.05) is 80.7 Å². The van der Waals surface area contributed by atoms with Crippen molar-refractivity contribution in [3.63, 3.8) is 0 Å². The molecule has 2 aromatic rings. The van der Waals surface area contributed by atoms with E-state index in [1.54, 1.807) is 11.8 Å². The number of ether oxygens (including phenoxy) is 3. The van der Waals surface area contributed by atoms with E-state index in [1.165, 1.54) is 18.7 Å². The van der Waals surface area contributed by atoms with Crippen LogP contribution in [-0.2, 0) is 19.0 Å². The van der Waals surface area contributed by atoms with Crippen LogP contribution in [0.5, 0.6) is 0 Å². The van der Waals surface area contributed by atoms with Crippen molar-refractivity contribution in [2.24, 2.45) is 11.8 Å². The van der Waals surface area contributed by atoms with Gasteiger partial charge >= 0.3 is 5.97 Å². The fourth-order valence-corrected chi connectivity index (χ4v) is 6.91. The molecule has 0 radical (unpaired) electrons. The second-order valence-electron chi connectivity index (χ2n) is 9.80. The zero-order chi connectivity index (χ0) is 28.5. The third kappa shape index (κ3) is 8.68. The minimum absolute atomic E-state index is 0.146. The third-order valence-corrected chi connectivity index (χ3v) is 9.38. The normalized spacial score (nSPS) is 34.5. The maximum atomic E-state index is 11.4. The van der Waals surface area contributed by atoms with Crippen LogP contribution in [0.1, 0.15) is 34.1 Å². The van der Waals surface area contributed by atoms with E-state index in [1.807, 2.05) is 48.5 Å². The summed E-state index contributed by atoms with van der Waals surface area (Å²) in [4.78, 5) is 13.4. The molecule has 8 nitrogen and oxygen atoms in total. The molecule has 39 heavy (non-hydrogen) atoms. The molecule has 2 aliphatic rings. The number of carbonyl (C=O) groups is 1. The molecule has 2 aromatic carbocycles. The van der Waals surface area contributed by atoms with Gasteiger partial charge in [-0.2, -0.15) is 0 Å². The second kappa shape index (κ2) is 15.4. The Balaban J connectivity index is 0.000000218. The van der Waals surface area contributed by atoms with Crippen molar-refractivity contribution in [2.45, 2.75) is 91.4 Å². The van der Waals surface area contributed by atoms with E-state index in [4.69, 9.17) is 19.3 Å². The van der Waals surface area contributed by atoms with Gasteiger partial charge in [0.05, 0.1) is 12.7 Å². The summed E-state index contributed by atoms with van der Waals surface area (Å²) in [7, 11) is 0. The van der Waals surface area contributed by atoms with Crippen LogP contribution in [-0.4, -0.2) is 80.5 Å². The summed E-state index contributed by atoms with van der Waals surface area (Å²) in [5.74, 6) is 0.428. The molecule has 0 saturated carbocycles. The summed E-state index contributed by atoms with van der Waals surface area (Å²) < 4.78 is 17.2. The van der Waals surface area contributed by atoms with Crippen molar-refractivity contribution in [3.05, 3.63) is 60.7 Å². The van der Waals surface area contributed by atoms with Crippen LogP contribution in [0.25, 0.3) is 0 Å². The molecular weight excluding hydrogens is 540 g/mol. The average Bonchev–Trinajstić information content (AvgIpc) is 2.94. The van der Waals surface area contributed by atoms with Gasteiger partial charge in [0.15, 0.2) is 0 Å². The Morgan fingerprint density at radius 3 is 1.79 bits per heavy atom. The highest BCUT2D eigenvalue weighted by atomic mass is 32.2. The van der Waals surface area contributed by atoms with Crippen molar-refractivity contribution >= 4 is 29.5 Å². The lowest BCUT2D eigenvalue weighted by Crippen LogP contribution is -2.57. The zero-order valence-corrected chi connectivity index (χ0v) is 24.3. The van der Waals surface area contributed by atoms with Gasteiger partial charge in [-0.05, 0) is 36.6 Å². The number of benzene rings is 2. The first-order chi connectivity index (χ1) is 18.7. The highest BCUT2D eigenvalue weighted by Crippen LogP contribution is 2.40. The fourth-order valence-electron chi connectivity index (χ4n) is 4.61. The SMILES string of the molecule is CCC1O[C@H](Sc2ccccc2)C(OC(C)=O)[C@@H](C)[C@@H]1C.OCC1O[C@H](Sc2ccccc2)C(O)[C@@H](O)[C@@H]1O. The standard InChI is InChI=1S/C17H24O3S.C12H16O5S/c1-5-15-11(2)12(3)16(19-13(4)18)17(20-15)21-14-9-7-6-8-10-14;13-6-8-9(14)10(15)11(16)12(17-8)18-7-4-2-1-3-5-7/h6-12,15-17H,5H2,1-4H3;1-5,8-16H,6H2/t11-,12-,15?,16?,17+;8?,9-,10+,11?,12-/m01/s1. The van der Waals surface area contributed by atoms with Gasteiger partial charge in [-0.15, -0.1) is 0 Å². The lowest BCUT2D eigenvalue weighted by molar-refractivity contribution is -0.205. The number of carbonyl (C=O) groups excluding carboxylic acids is 1. The molecule has 2 saturated heterocycles. The van der Waals surface area contributed by atoms with Gasteiger partial charge < -0.3 is 34.6 Å². The molecular formula is C29H40O8S2. The minimum atomic E-state index is -1.32. The predicted octanol–water partition coefficient (Wildman–Crippen LogP) is 3.70. The van der Waals surface area contributed by atoms with Crippen LogP contribution in [0.3, 0.4) is 0 Å². The summed E-state index contributed by atoms with van der Waals surface area (Å²) in [6.07, 6.45) is -3.70. The highest BCUT2D eigenvalue weighted by molar-refractivity contribution is 8.00. The van der Waals surface area contributed by atoms with Crippen molar-refractivity contribution in [1.82, 2.24) is 0 Å². The Morgan fingerprint density at radius 2 is 1.31 bits per heavy atom. The number of rotatable bonds is 7. The van der Waals surface area contributed by atoms with Crippen molar-refractivity contribution in [1.29, 1.82) is 0 Å². The largest absolute Gasteiger partial charge is 0.459 e. The van der Waals surface area contributed by atoms with E-state index >= 15 is 0 Å². The molecule has 216 valence electrons. The molecule has 2 fully saturated rings. The van der Waals surface area contributed by atoms with Crippen LogP contribution in [0.2, 0.25) is 0 Å². The van der Waals surface area contributed by atoms with E-state index in [2.05, 4.69) is 32.9 Å². The first-order valence-electron chi connectivity index (χ1n) is 13.2. The van der Waals surface area contributed by atoms with Gasteiger partial charge in [0.1, 0.15) is 41.4 Å². The molecule has 0 amide bonds. The van der Waals surface area contributed by atoms with Crippen LogP contribution in [0.4, 0.5) is 0 Å². The van der Waals surface area contributed by atoms with Crippen molar-refractivity contribution in [3.8, 4) is 0 Å². The third-order valence-electron chi connectivity index (χ3n) is 7.05. The van der Waals surface area contributed by atoms with E-state index < -0.39 is 36.5 Å². The van der Waals surface area contributed by atoms with Crippen LogP contribution >= 0.6 is 23.5 Å². The van der Waals surface area contributed by atoms with Crippen LogP contribution in [0.15, 0.2) is 70.5 Å². The molecule has 2 aliphatic heterocycles. The highest BCUT2D eigenvalue weighted by Gasteiger charge is 2.44. The number of aliphatic hydroxyl groups excluding tert-OH is 4. The first-order valence-corrected chi connectivity index (χ1v) is 15.0. The number of hydrogen-bond acceptors (Lipinski definition) is 10. The van der Waals surface area contributed by atoms with Crippen molar-refractivity contribution in [2.75, 3.05) is 6.61 Å². The number of aliphatic hydroxyl groups is 4. The fraction of sp³-hybridized carbons (Fsp3) is 0.552. The monoisotopic (exact) mass is 580 g/mol. The van der Waals surface area contributed by atoms with Gasteiger partial charge in [-0.3, -0.25) is 4.79 Å². The summed E-state index contributed by atoms with van der Waals surface area (Å²) in [6, 6.07) is 19.4. The second-order valence-corrected chi connectivity index (χ2v) is 12.1. The molecule has 0 spiro atoms. The van der Waals surface area contributed by atoms with Crippen LogP contribution in [0, 0.1) is 11.8 Å². The topological polar surface area (TPSA) is 126 Å². The molecule has 4 rings (SSSR count). The van der Waals surface area contributed by atoms with Crippen molar-refractivity contribution < 1.29 is 39.4 Å².